The summed E-state index contributed by atoms with van der Waals surface area (Å²) in [6.07, 6.45) is 5.85. The first-order valence-electron chi connectivity index (χ1n) is 8.71. The summed E-state index contributed by atoms with van der Waals surface area (Å²) >= 11 is 0. The Morgan fingerprint density at radius 3 is 2.71 bits per heavy atom. The lowest BCUT2D eigenvalue weighted by molar-refractivity contribution is 0.268. The van der Waals surface area contributed by atoms with Crippen molar-refractivity contribution in [2.45, 2.75) is 25.3 Å². The molecule has 0 radical (unpaired) electrons. The zero-order valence-corrected chi connectivity index (χ0v) is 13.7. The van der Waals surface area contributed by atoms with Gasteiger partial charge in [-0.2, -0.15) is 4.99 Å². The number of benzene rings is 1. The average molecular weight is 330 g/mol. The summed E-state index contributed by atoms with van der Waals surface area (Å²) in [5.74, 6) is 1.88. The van der Waals surface area contributed by atoms with Crippen LogP contribution < -0.4 is 10.1 Å². The van der Waals surface area contributed by atoms with Gasteiger partial charge < -0.3 is 15.0 Å². The number of nitrogens with zero attached hydrogens (tertiary/aromatic N) is 3. The maximum Gasteiger partial charge on any atom is 0.215 e. The summed E-state index contributed by atoms with van der Waals surface area (Å²) in [7, 11) is 0. The second-order valence-corrected chi connectivity index (χ2v) is 6.55. The monoisotopic (exact) mass is 330 g/mol. The van der Waals surface area contributed by atoms with Gasteiger partial charge in [0.25, 0.3) is 0 Å². The standard InChI is InChI=1S/C18H23FN4O/c19-14-2-6-16(7-3-14)24-18-13-20-12-17(21-18)23-9-1-8-22(10-11-23)15-4-5-15/h2-3,6-7,12,15,20H,1,4-5,8-11,13H2. The number of aliphatic imine (C=N–C) groups is 1. The predicted octanol–water partition coefficient (Wildman–Crippen LogP) is 2.18. The first-order valence-corrected chi connectivity index (χ1v) is 8.71. The highest BCUT2D eigenvalue weighted by molar-refractivity contribution is 5.82. The first kappa shape index (κ1) is 15.4. The molecular weight excluding hydrogens is 307 g/mol. The van der Waals surface area contributed by atoms with Crippen LogP contribution in [0.3, 0.4) is 0 Å². The van der Waals surface area contributed by atoms with Crippen molar-refractivity contribution in [2.24, 2.45) is 4.99 Å². The van der Waals surface area contributed by atoms with E-state index in [-0.39, 0.29) is 5.82 Å². The summed E-state index contributed by atoms with van der Waals surface area (Å²) in [5, 5.41) is 3.23. The maximum absolute atomic E-state index is 13.0. The van der Waals surface area contributed by atoms with Gasteiger partial charge >= 0.3 is 0 Å². The van der Waals surface area contributed by atoms with Gasteiger partial charge in [0.2, 0.25) is 5.90 Å². The third-order valence-corrected chi connectivity index (χ3v) is 4.69. The van der Waals surface area contributed by atoms with Crippen molar-refractivity contribution in [3.05, 3.63) is 42.1 Å². The Hall–Kier alpha value is -2.08. The SMILES string of the molecule is Fc1ccc(OC2=NC(N3CCCN(C4CC4)CC3)=CNC2)cc1. The van der Waals surface area contributed by atoms with Crippen molar-refractivity contribution in [2.75, 3.05) is 32.7 Å². The van der Waals surface area contributed by atoms with E-state index >= 15 is 0 Å². The van der Waals surface area contributed by atoms with Gasteiger partial charge in [0.1, 0.15) is 17.4 Å². The van der Waals surface area contributed by atoms with E-state index in [0.29, 0.717) is 18.2 Å². The molecular formula is C18H23FN4O. The number of hydrogen-bond acceptors (Lipinski definition) is 5. The van der Waals surface area contributed by atoms with E-state index < -0.39 is 0 Å². The molecule has 0 spiro atoms. The van der Waals surface area contributed by atoms with Crippen LogP contribution in [0.4, 0.5) is 4.39 Å². The molecule has 2 aliphatic heterocycles. The van der Waals surface area contributed by atoms with Gasteiger partial charge in [0.05, 0.1) is 6.54 Å². The smallest absolute Gasteiger partial charge is 0.215 e. The van der Waals surface area contributed by atoms with Gasteiger partial charge in [0.15, 0.2) is 0 Å². The number of halogens is 1. The van der Waals surface area contributed by atoms with Crippen LogP contribution >= 0.6 is 0 Å². The minimum Gasteiger partial charge on any atom is -0.441 e. The largest absolute Gasteiger partial charge is 0.441 e. The molecule has 6 heteroatoms. The second-order valence-electron chi connectivity index (χ2n) is 6.55. The van der Waals surface area contributed by atoms with E-state index in [4.69, 9.17) is 4.74 Å². The van der Waals surface area contributed by atoms with Crippen LogP contribution in [0.25, 0.3) is 0 Å². The second kappa shape index (κ2) is 6.81. The molecule has 1 aliphatic carbocycles. The fourth-order valence-electron chi connectivity index (χ4n) is 3.26. The zero-order chi connectivity index (χ0) is 16.4. The molecule has 128 valence electrons. The molecule has 2 fully saturated rings. The van der Waals surface area contributed by atoms with Crippen molar-refractivity contribution in [3.8, 4) is 5.75 Å². The van der Waals surface area contributed by atoms with E-state index in [9.17, 15) is 4.39 Å². The van der Waals surface area contributed by atoms with E-state index in [1.165, 1.54) is 31.5 Å². The Morgan fingerprint density at radius 1 is 1.08 bits per heavy atom. The van der Waals surface area contributed by atoms with E-state index in [1.54, 1.807) is 12.1 Å². The Bertz CT molecular complexity index is 639. The Kier molecular flexibility index (Phi) is 4.38. The molecule has 0 aromatic heterocycles. The summed E-state index contributed by atoms with van der Waals surface area (Å²) in [5.41, 5.74) is 0. The third-order valence-electron chi connectivity index (χ3n) is 4.69. The van der Waals surface area contributed by atoms with Crippen molar-refractivity contribution in [1.82, 2.24) is 15.1 Å². The highest BCUT2D eigenvalue weighted by atomic mass is 19.1. The summed E-state index contributed by atoms with van der Waals surface area (Å²) < 4.78 is 18.8. The van der Waals surface area contributed by atoms with Crippen molar-refractivity contribution in [3.63, 3.8) is 0 Å². The normalized spacial score (nSPS) is 22.3. The first-order chi connectivity index (χ1) is 11.8. The zero-order valence-electron chi connectivity index (χ0n) is 13.7. The molecule has 0 bridgehead atoms. The number of ether oxygens (including phenoxy) is 1. The van der Waals surface area contributed by atoms with Gasteiger partial charge in [0, 0.05) is 38.4 Å². The molecule has 1 aromatic rings. The molecule has 24 heavy (non-hydrogen) atoms. The Balaban J connectivity index is 1.40. The molecule has 1 saturated carbocycles. The highest BCUT2D eigenvalue weighted by Crippen LogP contribution is 2.28. The predicted molar refractivity (Wildman–Crippen MR) is 91.3 cm³/mol. The quantitative estimate of drug-likeness (QED) is 0.922. The molecule has 1 N–H and O–H groups in total. The number of nitrogens with one attached hydrogen (secondary N) is 1. The third kappa shape index (κ3) is 3.70. The molecule has 5 nitrogen and oxygen atoms in total. The molecule has 3 aliphatic rings. The van der Waals surface area contributed by atoms with E-state index in [1.807, 2.05) is 6.20 Å². The van der Waals surface area contributed by atoms with Gasteiger partial charge in [-0.15, -0.1) is 0 Å². The number of rotatable bonds is 3. The van der Waals surface area contributed by atoms with Gasteiger partial charge in [-0.1, -0.05) is 0 Å². The van der Waals surface area contributed by atoms with Crippen LogP contribution in [0.2, 0.25) is 0 Å². The Labute approximate surface area is 141 Å². The molecule has 4 rings (SSSR count). The van der Waals surface area contributed by atoms with Crippen LogP contribution in [0, 0.1) is 5.82 Å². The summed E-state index contributed by atoms with van der Waals surface area (Å²) in [6, 6.07) is 6.85. The average Bonchev–Trinajstić information content (AvgIpc) is 3.43. The minimum atomic E-state index is -0.267. The van der Waals surface area contributed by atoms with Crippen LogP contribution in [0.5, 0.6) is 5.75 Å². The van der Waals surface area contributed by atoms with E-state index in [2.05, 4.69) is 20.1 Å². The highest BCUT2D eigenvalue weighted by Gasteiger charge is 2.30. The molecule has 2 heterocycles. The summed E-state index contributed by atoms with van der Waals surface area (Å²) in [4.78, 5) is 9.59. The van der Waals surface area contributed by atoms with Gasteiger partial charge in [-0.25, -0.2) is 4.39 Å². The lowest BCUT2D eigenvalue weighted by atomic mass is 10.3. The van der Waals surface area contributed by atoms with Crippen LogP contribution in [0.15, 0.2) is 41.3 Å². The Morgan fingerprint density at radius 2 is 1.92 bits per heavy atom. The number of hydrogen-bond donors (Lipinski definition) is 1. The maximum atomic E-state index is 13.0. The lowest BCUT2D eigenvalue weighted by Crippen LogP contribution is -2.35. The molecule has 1 saturated heterocycles. The van der Waals surface area contributed by atoms with Gasteiger partial charge in [-0.05, 0) is 43.5 Å². The van der Waals surface area contributed by atoms with Crippen LogP contribution in [-0.4, -0.2) is 54.5 Å². The molecule has 1 aromatic carbocycles. The molecule has 0 unspecified atom stereocenters. The lowest BCUT2D eigenvalue weighted by Gasteiger charge is -2.26. The molecule has 0 atom stereocenters. The molecule has 0 amide bonds. The van der Waals surface area contributed by atoms with Crippen LogP contribution in [0.1, 0.15) is 19.3 Å². The topological polar surface area (TPSA) is 40.1 Å². The summed E-state index contributed by atoms with van der Waals surface area (Å²) in [6.45, 7) is 4.85. The van der Waals surface area contributed by atoms with Gasteiger partial charge in [-0.3, -0.25) is 4.90 Å². The van der Waals surface area contributed by atoms with E-state index in [0.717, 1.165) is 37.9 Å². The fourth-order valence-corrected chi connectivity index (χ4v) is 3.26. The van der Waals surface area contributed by atoms with Crippen LogP contribution in [-0.2, 0) is 0 Å². The fraction of sp³-hybridized carbons (Fsp3) is 0.500. The van der Waals surface area contributed by atoms with Crippen molar-refractivity contribution in [1.29, 1.82) is 0 Å². The van der Waals surface area contributed by atoms with Crippen molar-refractivity contribution >= 4 is 5.90 Å². The minimum absolute atomic E-state index is 0.267. The van der Waals surface area contributed by atoms with Crippen molar-refractivity contribution < 1.29 is 9.13 Å².